The minimum atomic E-state index is -3.75. The Morgan fingerprint density at radius 2 is 1.85 bits per heavy atom. The third kappa shape index (κ3) is 8.12. The second-order valence-corrected chi connectivity index (χ2v) is 8.11. The van der Waals surface area contributed by atoms with Crippen LogP contribution in [-0.4, -0.2) is 37.4 Å². The van der Waals surface area contributed by atoms with Crippen LogP contribution in [0.5, 0.6) is 5.75 Å². The molecular weight excluding hydrogens is 373 g/mol. The molecule has 2 atom stereocenters. The van der Waals surface area contributed by atoms with Gasteiger partial charge in [-0.2, -0.15) is 5.48 Å². The Hall–Kier alpha value is -1.89. The van der Waals surface area contributed by atoms with E-state index < -0.39 is 25.6 Å². The number of hydrogen-bond donors (Lipinski definition) is 1. The first-order valence-electron chi connectivity index (χ1n) is 8.78. The van der Waals surface area contributed by atoms with E-state index in [2.05, 4.69) is 10.3 Å². The molecule has 0 fully saturated rings. The van der Waals surface area contributed by atoms with Crippen LogP contribution in [0.15, 0.2) is 18.2 Å². The zero-order valence-electron chi connectivity index (χ0n) is 16.4. The van der Waals surface area contributed by atoms with Gasteiger partial charge < -0.3 is 14.1 Å². The molecule has 0 radical (unpaired) electrons. The van der Waals surface area contributed by atoms with Gasteiger partial charge in [-0.1, -0.05) is 25.1 Å². The average molecular weight is 401 g/mol. The summed E-state index contributed by atoms with van der Waals surface area (Å²) in [5.74, 6) is -0.713. The van der Waals surface area contributed by atoms with Crippen LogP contribution in [0.1, 0.15) is 38.3 Å². The quantitative estimate of drug-likeness (QED) is 0.261. The molecule has 0 aliphatic rings. The van der Waals surface area contributed by atoms with E-state index in [-0.39, 0.29) is 19.3 Å². The van der Waals surface area contributed by atoms with Crippen molar-refractivity contribution in [1.29, 1.82) is 0 Å². The molecule has 0 aliphatic carbocycles. The molecule has 0 saturated heterocycles. The lowest BCUT2D eigenvalue weighted by atomic mass is 10.1. The van der Waals surface area contributed by atoms with E-state index in [4.69, 9.17) is 13.8 Å². The number of nitrogens with one attached hydrogen (secondary N) is 1. The molecule has 0 spiro atoms. The maximum atomic E-state index is 13.3. The predicted octanol–water partition coefficient (Wildman–Crippen LogP) is 3.30. The maximum absolute atomic E-state index is 13.3. The summed E-state index contributed by atoms with van der Waals surface area (Å²) in [6.07, 6.45) is -0.513. The van der Waals surface area contributed by atoms with E-state index in [9.17, 15) is 14.2 Å². The predicted molar refractivity (Wildman–Crippen MR) is 101 cm³/mol. The topological polar surface area (TPSA) is 100 Å². The third-order valence-corrected chi connectivity index (χ3v) is 5.31. The molecule has 27 heavy (non-hydrogen) atoms. The van der Waals surface area contributed by atoms with Gasteiger partial charge in [0.15, 0.2) is 6.10 Å². The maximum Gasteiger partial charge on any atom is 0.381 e. The van der Waals surface area contributed by atoms with Crippen molar-refractivity contribution in [3.05, 3.63) is 29.3 Å². The molecular formula is C18H28NO7P. The molecule has 0 heterocycles. The van der Waals surface area contributed by atoms with Crippen LogP contribution in [0, 0.1) is 13.8 Å². The molecule has 0 amide bonds. The van der Waals surface area contributed by atoms with Crippen LogP contribution in [0.25, 0.3) is 0 Å². The van der Waals surface area contributed by atoms with E-state index in [1.165, 1.54) is 13.8 Å². The van der Waals surface area contributed by atoms with E-state index in [1.54, 1.807) is 0 Å². The second-order valence-electron chi connectivity index (χ2n) is 6.05. The summed E-state index contributed by atoms with van der Waals surface area (Å²) in [7, 11) is -3.75. The Kier molecular flexibility index (Phi) is 9.49. The molecule has 0 aliphatic heterocycles. The molecule has 8 nitrogen and oxygen atoms in total. The van der Waals surface area contributed by atoms with Crippen LogP contribution in [0.3, 0.4) is 0 Å². The highest BCUT2D eigenvalue weighted by atomic mass is 31.2. The first-order chi connectivity index (χ1) is 12.7. The Labute approximate surface area is 160 Å². The van der Waals surface area contributed by atoms with Crippen LogP contribution in [0.4, 0.5) is 0 Å². The van der Waals surface area contributed by atoms with Gasteiger partial charge in [-0.05, 0) is 38.3 Å². The lowest BCUT2D eigenvalue weighted by molar-refractivity contribution is -0.151. The molecule has 0 aromatic heterocycles. The zero-order chi connectivity index (χ0) is 20.4. The van der Waals surface area contributed by atoms with Gasteiger partial charge in [-0.15, -0.1) is 0 Å². The normalized spacial score (nSPS) is 14.1. The van der Waals surface area contributed by atoms with Crippen molar-refractivity contribution < 1.29 is 32.8 Å². The third-order valence-electron chi connectivity index (χ3n) is 3.44. The molecule has 152 valence electrons. The van der Waals surface area contributed by atoms with Gasteiger partial charge in [0.05, 0.1) is 12.8 Å². The molecule has 0 bridgehead atoms. The highest BCUT2D eigenvalue weighted by Gasteiger charge is 2.33. The number of hydroxylamine groups is 1. The number of esters is 1. The minimum Gasteiger partial charge on any atom is -0.464 e. The zero-order valence-corrected chi connectivity index (χ0v) is 17.3. The second kappa shape index (κ2) is 11.1. The fraction of sp³-hybridized carbons (Fsp3) is 0.556. The number of carbonyl (C=O) groups excluding carboxylic acids is 2. The van der Waals surface area contributed by atoms with Gasteiger partial charge in [-0.25, -0.2) is 9.36 Å². The highest BCUT2D eigenvalue weighted by molar-refractivity contribution is 7.54. The summed E-state index contributed by atoms with van der Waals surface area (Å²) in [5, 5.41) is 0. The van der Waals surface area contributed by atoms with Crippen molar-refractivity contribution >= 4 is 19.5 Å². The summed E-state index contributed by atoms with van der Waals surface area (Å²) >= 11 is 0. The summed E-state index contributed by atoms with van der Waals surface area (Å²) in [6, 6.07) is 5.50. The number of rotatable bonds is 11. The Morgan fingerprint density at radius 3 is 2.41 bits per heavy atom. The summed E-state index contributed by atoms with van der Waals surface area (Å²) in [5.41, 5.74) is 3.96. The summed E-state index contributed by atoms with van der Waals surface area (Å²) < 4.78 is 29.6. The van der Waals surface area contributed by atoms with Gasteiger partial charge in [0.1, 0.15) is 5.75 Å². The molecule has 1 aromatic rings. The number of para-hydroxylation sites is 1. The lowest BCUT2D eigenvalue weighted by Gasteiger charge is -2.24. The molecule has 1 unspecified atom stereocenters. The molecule has 1 rings (SSSR count). The van der Waals surface area contributed by atoms with E-state index >= 15 is 0 Å². The molecule has 9 heteroatoms. The Balaban J connectivity index is 2.92. The fourth-order valence-electron chi connectivity index (χ4n) is 2.14. The number of carbonyl (C=O) groups is 2. The van der Waals surface area contributed by atoms with Crippen molar-refractivity contribution in [2.75, 3.05) is 19.3 Å². The summed E-state index contributed by atoms with van der Waals surface area (Å²) in [4.78, 5) is 27.4. The standard InChI is InChI=1S/C18H28NO7P/c1-6-11-23-18(21)15(4)25-27(22,12-10-19-24-16(5)20)26-17-13(2)8-7-9-14(17)3/h7-9,15,19H,6,10-12H2,1-5H3/t15-,27?/m0/s1. The van der Waals surface area contributed by atoms with Crippen LogP contribution in [-0.2, 0) is 28.3 Å². The van der Waals surface area contributed by atoms with Gasteiger partial charge in [-0.3, -0.25) is 9.32 Å². The van der Waals surface area contributed by atoms with Crippen LogP contribution in [0.2, 0.25) is 0 Å². The van der Waals surface area contributed by atoms with Gasteiger partial charge in [0.2, 0.25) is 0 Å². The van der Waals surface area contributed by atoms with Crippen LogP contribution >= 0.6 is 7.60 Å². The minimum absolute atomic E-state index is 0.0263. The number of aryl methyl sites for hydroxylation is 2. The highest BCUT2D eigenvalue weighted by Crippen LogP contribution is 2.50. The number of hydrogen-bond acceptors (Lipinski definition) is 8. The Morgan fingerprint density at radius 1 is 1.22 bits per heavy atom. The van der Waals surface area contributed by atoms with Gasteiger partial charge in [0.25, 0.3) is 0 Å². The smallest absolute Gasteiger partial charge is 0.381 e. The largest absolute Gasteiger partial charge is 0.464 e. The van der Waals surface area contributed by atoms with Crippen molar-refractivity contribution in [1.82, 2.24) is 5.48 Å². The lowest BCUT2D eigenvalue weighted by Crippen LogP contribution is -2.27. The van der Waals surface area contributed by atoms with Crippen LogP contribution < -0.4 is 10.0 Å². The van der Waals surface area contributed by atoms with Crippen molar-refractivity contribution in [3.8, 4) is 5.75 Å². The average Bonchev–Trinajstić information content (AvgIpc) is 2.60. The molecule has 1 N–H and O–H groups in total. The van der Waals surface area contributed by atoms with E-state index in [0.717, 1.165) is 11.1 Å². The molecule has 0 saturated carbocycles. The van der Waals surface area contributed by atoms with Gasteiger partial charge in [0, 0.05) is 13.5 Å². The number of ether oxygens (including phenoxy) is 1. The molecule has 1 aromatic carbocycles. The van der Waals surface area contributed by atoms with Crippen molar-refractivity contribution in [2.45, 2.75) is 47.1 Å². The first kappa shape index (κ1) is 23.1. The SMILES string of the molecule is CCCOC(=O)[C@H](C)OP(=O)(CCNOC(C)=O)Oc1c(C)cccc1C. The first-order valence-corrected chi connectivity index (χ1v) is 10.5. The van der Waals surface area contributed by atoms with Crippen molar-refractivity contribution in [3.63, 3.8) is 0 Å². The fourth-order valence-corrected chi connectivity index (χ4v) is 3.88. The number of benzene rings is 1. The Bertz CT molecular complexity index is 672. The van der Waals surface area contributed by atoms with E-state index in [1.807, 2.05) is 39.0 Å². The van der Waals surface area contributed by atoms with Gasteiger partial charge >= 0.3 is 19.5 Å². The summed E-state index contributed by atoms with van der Waals surface area (Å²) in [6.45, 7) is 8.49. The van der Waals surface area contributed by atoms with E-state index in [0.29, 0.717) is 12.2 Å². The monoisotopic (exact) mass is 401 g/mol. The van der Waals surface area contributed by atoms with Crippen molar-refractivity contribution in [2.24, 2.45) is 0 Å².